The van der Waals surface area contributed by atoms with E-state index in [1.165, 1.54) is 11.8 Å². The first-order chi connectivity index (χ1) is 7.74. The van der Waals surface area contributed by atoms with Crippen LogP contribution in [0, 0.1) is 0 Å². The third kappa shape index (κ3) is 3.23. The van der Waals surface area contributed by atoms with Crippen LogP contribution in [0.25, 0.3) is 0 Å². The Bertz CT molecular complexity index is 327. The quantitative estimate of drug-likeness (QED) is 0.767. The highest BCUT2D eigenvalue weighted by atomic mass is 32.2. The van der Waals surface area contributed by atoms with Crippen LogP contribution in [0.2, 0.25) is 0 Å². The van der Waals surface area contributed by atoms with Crippen LogP contribution in [0.5, 0.6) is 0 Å². The van der Waals surface area contributed by atoms with Crippen molar-refractivity contribution in [2.24, 2.45) is 0 Å². The molecule has 0 spiro atoms. The van der Waals surface area contributed by atoms with E-state index in [0.29, 0.717) is 5.95 Å². The van der Waals surface area contributed by atoms with Gasteiger partial charge in [-0.3, -0.25) is 0 Å². The Labute approximate surface area is 101 Å². The number of thioether (sulfide) groups is 1. The van der Waals surface area contributed by atoms with E-state index >= 15 is 0 Å². The Balaban J connectivity index is 3.02. The number of anilines is 2. The zero-order valence-corrected chi connectivity index (χ0v) is 11.1. The van der Waals surface area contributed by atoms with Crippen LogP contribution < -0.4 is 10.2 Å². The number of nitrogens with zero attached hydrogens (tertiary/aromatic N) is 4. The molecule has 0 radical (unpaired) electrons. The van der Waals surface area contributed by atoms with Crippen LogP contribution in [-0.2, 0) is 0 Å². The van der Waals surface area contributed by atoms with Crippen molar-refractivity contribution >= 4 is 23.7 Å². The predicted molar refractivity (Wildman–Crippen MR) is 69.3 cm³/mol. The third-order valence-electron chi connectivity index (χ3n) is 2.17. The molecule has 0 fully saturated rings. The molecule has 0 saturated heterocycles. The van der Waals surface area contributed by atoms with E-state index in [1.807, 2.05) is 13.2 Å². The monoisotopic (exact) mass is 241 g/mol. The standard InChI is InChI=1S/C10H19N5S/c1-5-11-8-12-9(15(6-2)7-3)14-10(13-8)16-4/h5-7H2,1-4H3,(H,11,12,13,14). The molecule has 1 heterocycles. The van der Waals surface area contributed by atoms with Crippen molar-refractivity contribution in [3.63, 3.8) is 0 Å². The molecule has 0 amide bonds. The van der Waals surface area contributed by atoms with Gasteiger partial charge in [0.2, 0.25) is 11.9 Å². The fourth-order valence-electron chi connectivity index (χ4n) is 1.32. The number of aromatic nitrogens is 3. The molecule has 0 aliphatic carbocycles. The summed E-state index contributed by atoms with van der Waals surface area (Å²) in [7, 11) is 0. The first-order valence-corrected chi connectivity index (χ1v) is 6.76. The molecule has 90 valence electrons. The van der Waals surface area contributed by atoms with Gasteiger partial charge in [0, 0.05) is 19.6 Å². The number of hydrogen-bond acceptors (Lipinski definition) is 6. The SMILES string of the molecule is CCNc1nc(SC)nc(N(CC)CC)n1. The number of nitrogens with one attached hydrogen (secondary N) is 1. The minimum atomic E-state index is 0.656. The first-order valence-electron chi connectivity index (χ1n) is 5.53. The molecular weight excluding hydrogens is 222 g/mol. The summed E-state index contributed by atoms with van der Waals surface area (Å²) in [6.45, 7) is 8.84. The van der Waals surface area contributed by atoms with Crippen LogP contribution in [0.15, 0.2) is 5.16 Å². The van der Waals surface area contributed by atoms with Gasteiger partial charge in [-0.05, 0) is 27.0 Å². The van der Waals surface area contributed by atoms with Gasteiger partial charge < -0.3 is 10.2 Å². The fraction of sp³-hybridized carbons (Fsp3) is 0.700. The summed E-state index contributed by atoms with van der Waals surface area (Å²) >= 11 is 1.53. The van der Waals surface area contributed by atoms with Crippen LogP contribution in [0.3, 0.4) is 0 Å². The molecular formula is C10H19N5S. The van der Waals surface area contributed by atoms with Gasteiger partial charge in [0.05, 0.1) is 0 Å². The highest BCUT2D eigenvalue weighted by Crippen LogP contribution is 2.16. The molecule has 1 aromatic rings. The van der Waals surface area contributed by atoms with Gasteiger partial charge in [0.15, 0.2) is 5.16 Å². The van der Waals surface area contributed by atoms with Crippen molar-refractivity contribution in [3.8, 4) is 0 Å². The Kier molecular flexibility index (Phi) is 5.31. The van der Waals surface area contributed by atoms with Crippen molar-refractivity contribution in [1.29, 1.82) is 0 Å². The molecule has 0 saturated carbocycles. The van der Waals surface area contributed by atoms with Gasteiger partial charge in [-0.2, -0.15) is 15.0 Å². The van der Waals surface area contributed by atoms with Gasteiger partial charge in [-0.1, -0.05) is 11.8 Å². The van der Waals surface area contributed by atoms with Crippen LogP contribution in [-0.4, -0.2) is 40.8 Å². The molecule has 16 heavy (non-hydrogen) atoms. The largest absolute Gasteiger partial charge is 0.354 e. The molecule has 0 bridgehead atoms. The van der Waals surface area contributed by atoms with E-state index in [0.717, 1.165) is 30.7 Å². The molecule has 0 aliphatic heterocycles. The summed E-state index contributed by atoms with van der Waals surface area (Å²) in [5, 5.41) is 3.88. The summed E-state index contributed by atoms with van der Waals surface area (Å²) in [5.41, 5.74) is 0. The van der Waals surface area contributed by atoms with E-state index < -0.39 is 0 Å². The van der Waals surface area contributed by atoms with E-state index in [-0.39, 0.29) is 0 Å². The molecule has 0 unspecified atom stereocenters. The van der Waals surface area contributed by atoms with Crippen LogP contribution >= 0.6 is 11.8 Å². The summed E-state index contributed by atoms with van der Waals surface area (Å²) < 4.78 is 0. The summed E-state index contributed by atoms with van der Waals surface area (Å²) in [5.74, 6) is 1.41. The zero-order chi connectivity index (χ0) is 12.0. The Morgan fingerprint density at radius 3 is 2.31 bits per heavy atom. The highest BCUT2D eigenvalue weighted by Gasteiger charge is 2.09. The van der Waals surface area contributed by atoms with Crippen molar-refractivity contribution in [3.05, 3.63) is 0 Å². The van der Waals surface area contributed by atoms with E-state index in [1.54, 1.807) is 0 Å². The molecule has 0 atom stereocenters. The minimum Gasteiger partial charge on any atom is -0.354 e. The lowest BCUT2D eigenvalue weighted by molar-refractivity contribution is 0.783. The highest BCUT2D eigenvalue weighted by molar-refractivity contribution is 7.98. The van der Waals surface area contributed by atoms with Gasteiger partial charge in [-0.25, -0.2) is 0 Å². The zero-order valence-electron chi connectivity index (χ0n) is 10.3. The minimum absolute atomic E-state index is 0.656. The fourth-order valence-corrected chi connectivity index (χ4v) is 1.67. The van der Waals surface area contributed by atoms with E-state index in [2.05, 4.69) is 39.0 Å². The maximum atomic E-state index is 4.40. The molecule has 0 aliphatic rings. The number of rotatable bonds is 6. The second-order valence-corrected chi connectivity index (χ2v) is 3.92. The Hall–Kier alpha value is -1.04. The van der Waals surface area contributed by atoms with Crippen LogP contribution in [0.4, 0.5) is 11.9 Å². The summed E-state index contributed by atoms with van der Waals surface area (Å²) in [4.78, 5) is 15.2. The maximum absolute atomic E-state index is 4.40. The predicted octanol–water partition coefficient (Wildman–Crippen LogP) is 1.87. The average Bonchev–Trinajstić information content (AvgIpc) is 2.31. The van der Waals surface area contributed by atoms with Gasteiger partial charge in [0.1, 0.15) is 0 Å². The second-order valence-electron chi connectivity index (χ2n) is 3.15. The first kappa shape index (κ1) is 13.0. The topological polar surface area (TPSA) is 53.9 Å². The van der Waals surface area contributed by atoms with E-state index in [4.69, 9.17) is 0 Å². The van der Waals surface area contributed by atoms with Crippen LogP contribution in [0.1, 0.15) is 20.8 Å². The second kappa shape index (κ2) is 6.52. The van der Waals surface area contributed by atoms with Crippen molar-refractivity contribution in [2.75, 3.05) is 36.1 Å². The van der Waals surface area contributed by atoms with Gasteiger partial charge in [-0.15, -0.1) is 0 Å². The van der Waals surface area contributed by atoms with Crippen molar-refractivity contribution in [1.82, 2.24) is 15.0 Å². The van der Waals surface area contributed by atoms with Crippen molar-refractivity contribution < 1.29 is 0 Å². The molecule has 1 N–H and O–H groups in total. The molecule has 5 nitrogen and oxygen atoms in total. The molecule has 1 aromatic heterocycles. The third-order valence-corrected chi connectivity index (χ3v) is 2.71. The normalized spacial score (nSPS) is 10.2. The van der Waals surface area contributed by atoms with Gasteiger partial charge in [0.25, 0.3) is 0 Å². The Morgan fingerprint density at radius 1 is 1.12 bits per heavy atom. The summed E-state index contributed by atoms with van der Waals surface area (Å²) in [6.07, 6.45) is 1.97. The van der Waals surface area contributed by atoms with E-state index in [9.17, 15) is 0 Å². The molecule has 6 heteroatoms. The molecule has 1 rings (SSSR count). The smallest absolute Gasteiger partial charge is 0.231 e. The number of hydrogen-bond donors (Lipinski definition) is 1. The maximum Gasteiger partial charge on any atom is 0.231 e. The average molecular weight is 241 g/mol. The molecule has 0 aromatic carbocycles. The lowest BCUT2D eigenvalue weighted by Gasteiger charge is -2.19. The van der Waals surface area contributed by atoms with Gasteiger partial charge >= 0.3 is 0 Å². The Morgan fingerprint density at radius 2 is 1.81 bits per heavy atom. The lowest BCUT2D eigenvalue weighted by atomic mass is 10.5. The summed E-state index contributed by atoms with van der Waals surface area (Å²) in [6, 6.07) is 0. The van der Waals surface area contributed by atoms with Crippen molar-refractivity contribution in [2.45, 2.75) is 25.9 Å². The lowest BCUT2D eigenvalue weighted by Crippen LogP contribution is -2.25.